The summed E-state index contributed by atoms with van der Waals surface area (Å²) in [7, 11) is 0. The molecule has 0 spiro atoms. The standard InChI is InChI=1S/C13H9N3O2.Ac/c17-9-3-1-2-8(6-9)12-15-11-4-5-14-7-10(11)13(18)16-12;/h1-7,17H,(H,15,16,18);. The van der Waals surface area contributed by atoms with Crippen LogP contribution < -0.4 is 5.56 Å². The van der Waals surface area contributed by atoms with E-state index in [0.29, 0.717) is 22.3 Å². The molecule has 19 heavy (non-hydrogen) atoms. The molecule has 3 aromatic rings. The molecule has 91 valence electrons. The largest absolute Gasteiger partial charge is 0.508 e. The summed E-state index contributed by atoms with van der Waals surface area (Å²) in [6.45, 7) is 0. The number of nitrogens with one attached hydrogen (secondary N) is 1. The van der Waals surface area contributed by atoms with Crippen molar-refractivity contribution in [1.82, 2.24) is 15.0 Å². The summed E-state index contributed by atoms with van der Waals surface area (Å²) < 4.78 is 0. The van der Waals surface area contributed by atoms with Gasteiger partial charge in [-0.1, -0.05) is 12.1 Å². The first-order valence-electron chi connectivity index (χ1n) is 5.37. The molecule has 0 aliphatic rings. The van der Waals surface area contributed by atoms with Gasteiger partial charge in [-0.3, -0.25) is 9.78 Å². The second-order valence-corrected chi connectivity index (χ2v) is 3.86. The number of rotatable bonds is 1. The van der Waals surface area contributed by atoms with Crippen LogP contribution in [0.3, 0.4) is 0 Å². The fourth-order valence-electron chi connectivity index (χ4n) is 1.77. The topological polar surface area (TPSA) is 78.9 Å². The SMILES string of the molecule is O=c1[nH]c(-c2cccc(O)c2)nc2ccncc12.[Ac]. The van der Waals surface area contributed by atoms with E-state index in [2.05, 4.69) is 15.0 Å². The average molecular weight is 466 g/mol. The zero-order chi connectivity index (χ0) is 12.5. The number of phenols is 1. The van der Waals surface area contributed by atoms with Crippen LogP contribution in [-0.4, -0.2) is 20.1 Å². The summed E-state index contributed by atoms with van der Waals surface area (Å²) in [5.41, 5.74) is 0.990. The van der Waals surface area contributed by atoms with Crippen LogP contribution in [0.2, 0.25) is 0 Å². The van der Waals surface area contributed by atoms with Crippen molar-refractivity contribution in [2.45, 2.75) is 0 Å². The van der Waals surface area contributed by atoms with Crippen LogP contribution in [-0.2, 0) is 0 Å². The first-order valence-corrected chi connectivity index (χ1v) is 5.37. The van der Waals surface area contributed by atoms with Crippen LogP contribution in [0.5, 0.6) is 5.75 Å². The molecule has 0 unspecified atom stereocenters. The van der Waals surface area contributed by atoms with Crippen LogP contribution in [0.25, 0.3) is 22.3 Å². The molecule has 0 bridgehead atoms. The number of hydrogen-bond donors (Lipinski definition) is 2. The van der Waals surface area contributed by atoms with Gasteiger partial charge in [-0.05, 0) is 18.2 Å². The van der Waals surface area contributed by atoms with Gasteiger partial charge in [0, 0.05) is 62.0 Å². The zero-order valence-corrected chi connectivity index (χ0v) is 14.6. The Bertz CT molecular complexity index is 786. The molecule has 5 nitrogen and oxygen atoms in total. The molecule has 0 amide bonds. The maximum atomic E-state index is 11.9. The number of H-pyrrole nitrogens is 1. The quantitative estimate of drug-likeness (QED) is 0.573. The Morgan fingerprint density at radius 1 is 1.21 bits per heavy atom. The number of hydrogen-bond acceptors (Lipinski definition) is 4. The first-order chi connectivity index (χ1) is 8.74. The van der Waals surface area contributed by atoms with Crippen molar-refractivity contribution >= 4 is 10.9 Å². The van der Waals surface area contributed by atoms with Crippen molar-refractivity contribution < 1.29 is 49.2 Å². The molecule has 3 rings (SSSR count). The second kappa shape index (κ2) is 5.81. The molecular weight excluding hydrogens is 457 g/mol. The Morgan fingerprint density at radius 3 is 2.84 bits per heavy atom. The summed E-state index contributed by atoms with van der Waals surface area (Å²) in [6.07, 6.45) is 3.06. The molecule has 6 heteroatoms. The number of aromatic amines is 1. The van der Waals surface area contributed by atoms with Gasteiger partial charge in [0.25, 0.3) is 5.56 Å². The number of pyridine rings is 1. The molecule has 0 saturated carbocycles. The van der Waals surface area contributed by atoms with Gasteiger partial charge in [0.05, 0.1) is 10.9 Å². The van der Waals surface area contributed by atoms with Crippen molar-refractivity contribution in [3.63, 3.8) is 0 Å². The summed E-state index contributed by atoms with van der Waals surface area (Å²) in [4.78, 5) is 22.8. The maximum Gasteiger partial charge on any atom is 0.260 e. The molecule has 2 heterocycles. The van der Waals surface area contributed by atoms with Crippen LogP contribution in [0.1, 0.15) is 0 Å². The third-order valence-corrected chi connectivity index (χ3v) is 2.63. The minimum Gasteiger partial charge on any atom is -0.508 e. The maximum absolute atomic E-state index is 11.9. The Kier molecular flexibility index (Phi) is 4.33. The molecule has 1 radical (unpaired) electrons. The summed E-state index contributed by atoms with van der Waals surface area (Å²) in [5.74, 6) is 0.555. The predicted molar refractivity (Wildman–Crippen MR) is 67.3 cm³/mol. The van der Waals surface area contributed by atoms with Crippen LogP contribution >= 0.6 is 0 Å². The van der Waals surface area contributed by atoms with Crippen LogP contribution in [0, 0.1) is 44.1 Å². The monoisotopic (exact) mass is 466 g/mol. The fraction of sp³-hybridized carbons (Fsp3) is 0. The van der Waals surface area contributed by atoms with Gasteiger partial charge in [-0.2, -0.15) is 0 Å². The molecule has 0 atom stereocenters. The molecule has 2 N–H and O–H groups in total. The molecule has 1 aromatic carbocycles. The van der Waals surface area contributed by atoms with E-state index < -0.39 is 0 Å². The van der Waals surface area contributed by atoms with Gasteiger partial charge in [0.1, 0.15) is 11.6 Å². The van der Waals surface area contributed by atoms with E-state index in [1.165, 1.54) is 6.20 Å². The van der Waals surface area contributed by atoms with E-state index in [4.69, 9.17) is 0 Å². The summed E-state index contributed by atoms with van der Waals surface area (Å²) in [5, 5.41) is 9.87. The van der Waals surface area contributed by atoms with Gasteiger partial charge >= 0.3 is 0 Å². The van der Waals surface area contributed by atoms with Gasteiger partial charge in [0.15, 0.2) is 0 Å². The van der Waals surface area contributed by atoms with E-state index in [1.54, 1.807) is 36.5 Å². The molecule has 0 fully saturated rings. The van der Waals surface area contributed by atoms with Gasteiger partial charge in [-0.15, -0.1) is 0 Å². The van der Waals surface area contributed by atoms with E-state index in [9.17, 15) is 9.90 Å². The normalized spacial score (nSPS) is 10.1. The van der Waals surface area contributed by atoms with E-state index in [-0.39, 0.29) is 55.4 Å². The molecule has 0 aliphatic heterocycles. The smallest absolute Gasteiger partial charge is 0.260 e. The minimum atomic E-state index is -0.244. The Hall–Kier alpha value is -1.25. The molecule has 0 aliphatic carbocycles. The number of fused-ring (bicyclic) bond motifs is 1. The van der Waals surface area contributed by atoms with Crippen molar-refractivity contribution in [3.8, 4) is 17.1 Å². The van der Waals surface area contributed by atoms with Crippen molar-refractivity contribution in [1.29, 1.82) is 0 Å². The number of phenolic OH excluding ortho intramolecular Hbond substituents is 1. The third kappa shape index (κ3) is 2.85. The first kappa shape index (κ1) is 14.2. The summed E-state index contributed by atoms with van der Waals surface area (Å²) >= 11 is 0. The Labute approximate surface area is 144 Å². The fourth-order valence-corrected chi connectivity index (χ4v) is 1.77. The molecular formula is C13H9AcN3O2. The minimum absolute atomic E-state index is 0. The summed E-state index contributed by atoms with van der Waals surface area (Å²) in [6, 6.07) is 8.25. The third-order valence-electron chi connectivity index (χ3n) is 2.63. The van der Waals surface area contributed by atoms with E-state index in [0.717, 1.165) is 0 Å². The van der Waals surface area contributed by atoms with Crippen molar-refractivity contribution in [2.24, 2.45) is 0 Å². The van der Waals surface area contributed by atoms with E-state index in [1.807, 2.05) is 0 Å². The zero-order valence-electron chi connectivity index (χ0n) is 9.87. The number of aromatic nitrogens is 3. The molecule has 0 saturated heterocycles. The predicted octanol–water partition coefficient (Wildman–Crippen LogP) is 1.69. The van der Waals surface area contributed by atoms with Crippen molar-refractivity contribution in [2.75, 3.05) is 0 Å². The average Bonchev–Trinajstić information content (AvgIpc) is 2.39. The van der Waals surface area contributed by atoms with E-state index >= 15 is 0 Å². The number of benzene rings is 1. The van der Waals surface area contributed by atoms with Gasteiger partial charge in [-0.25, -0.2) is 4.98 Å². The Morgan fingerprint density at radius 2 is 2.05 bits per heavy atom. The number of nitrogens with zero attached hydrogens (tertiary/aromatic N) is 2. The Balaban J connectivity index is 0.00000133. The second-order valence-electron chi connectivity index (χ2n) is 3.86. The molecule has 2 aromatic heterocycles. The van der Waals surface area contributed by atoms with Crippen LogP contribution in [0.4, 0.5) is 0 Å². The number of aromatic hydroxyl groups is 1. The van der Waals surface area contributed by atoms with Crippen LogP contribution in [0.15, 0.2) is 47.5 Å². The van der Waals surface area contributed by atoms with Crippen molar-refractivity contribution in [3.05, 3.63) is 53.1 Å². The van der Waals surface area contributed by atoms with Gasteiger partial charge < -0.3 is 10.1 Å². The van der Waals surface area contributed by atoms with Gasteiger partial charge in [0.2, 0.25) is 0 Å².